The summed E-state index contributed by atoms with van der Waals surface area (Å²) >= 11 is 0. The summed E-state index contributed by atoms with van der Waals surface area (Å²) in [5, 5.41) is 3.72. The second-order valence-electron chi connectivity index (χ2n) is 5.80. The molecule has 0 atom stereocenters. The summed E-state index contributed by atoms with van der Waals surface area (Å²) in [6.45, 7) is 4.51. The molecule has 0 heterocycles. The maximum atomic E-state index is 5.70. The van der Waals surface area contributed by atoms with E-state index in [1.165, 1.54) is 45.1 Å². The van der Waals surface area contributed by atoms with Crippen molar-refractivity contribution in [2.24, 2.45) is 23.5 Å². The first-order valence-corrected chi connectivity index (χ1v) is 6.71. The number of nitrogens with one attached hydrogen (secondary N) is 1. The van der Waals surface area contributed by atoms with Crippen molar-refractivity contribution in [3.63, 3.8) is 0 Å². The van der Waals surface area contributed by atoms with Crippen LogP contribution in [0.4, 0.5) is 0 Å². The zero-order valence-electron chi connectivity index (χ0n) is 10.0. The number of hydrogen-bond acceptors (Lipinski definition) is 2. The van der Waals surface area contributed by atoms with Crippen LogP contribution in [0, 0.1) is 17.8 Å². The van der Waals surface area contributed by atoms with Crippen molar-refractivity contribution in [1.29, 1.82) is 0 Å². The van der Waals surface area contributed by atoms with Crippen LogP contribution in [0.25, 0.3) is 0 Å². The van der Waals surface area contributed by atoms with Gasteiger partial charge in [-0.1, -0.05) is 6.92 Å². The van der Waals surface area contributed by atoms with Gasteiger partial charge in [-0.2, -0.15) is 0 Å². The minimum absolute atomic E-state index is 0.824. The van der Waals surface area contributed by atoms with E-state index >= 15 is 0 Å². The van der Waals surface area contributed by atoms with Gasteiger partial charge < -0.3 is 11.1 Å². The van der Waals surface area contributed by atoms with Crippen LogP contribution in [0.3, 0.4) is 0 Å². The quantitative estimate of drug-likeness (QED) is 0.746. The molecule has 0 amide bonds. The molecule has 0 saturated heterocycles. The molecular weight excluding hydrogens is 184 g/mol. The van der Waals surface area contributed by atoms with Crippen molar-refractivity contribution in [1.82, 2.24) is 5.32 Å². The van der Waals surface area contributed by atoms with Crippen LogP contribution in [0.2, 0.25) is 0 Å². The van der Waals surface area contributed by atoms with Gasteiger partial charge in [0.15, 0.2) is 0 Å². The van der Waals surface area contributed by atoms with Crippen LogP contribution >= 0.6 is 0 Å². The fourth-order valence-corrected chi connectivity index (χ4v) is 3.07. The highest BCUT2D eigenvalue weighted by Crippen LogP contribution is 2.29. The lowest BCUT2D eigenvalue weighted by Crippen LogP contribution is -2.42. The number of nitrogens with two attached hydrogens (primary N) is 1. The average Bonchev–Trinajstić information content (AvgIpc) is 2.23. The summed E-state index contributed by atoms with van der Waals surface area (Å²) < 4.78 is 0. The Morgan fingerprint density at radius 2 is 1.67 bits per heavy atom. The third kappa shape index (κ3) is 3.18. The minimum atomic E-state index is 0.824. The molecule has 0 radical (unpaired) electrons. The van der Waals surface area contributed by atoms with E-state index in [0.29, 0.717) is 0 Å². The smallest absolute Gasteiger partial charge is 0.00722 e. The third-order valence-electron chi connectivity index (χ3n) is 4.37. The van der Waals surface area contributed by atoms with Crippen molar-refractivity contribution in [3.05, 3.63) is 0 Å². The molecule has 0 unspecified atom stereocenters. The molecule has 2 aliphatic carbocycles. The summed E-state index contributed by atoms with van der Waals surface area (Å²) in [7, 11) is 0. The average molecular weight is 210 g/mol. The van der Waals surface area contributed by atoms with Crippen LogP contribution in [0.5, 0.6) is 0 Å². The maximum absolute atomic E-state index is 5.70. The molecule has 2 fully saturated rings. The number of hydrogen-bond donors (Lipinski definition) is 2. The van der Waals surface area contributed by atoms with Gasteiger partial charge in [0.1, 0.15) is 0 Å². The van der Waals surface area contributed by atoms with E-state index < -0.39 is 0 Å². The van der Waals surface area contributed by atoms with Gasteiger partial charge in [0, 0.05) is 6.04 Å². The number of rotatable bonds is 4. The van der Waals surface area contributed by atoms with Crippen molar-refractivity contribution < 1.29 is 0 Å². The maximum Gasteiger partial charge on any atom is 0.00722 e. The van der Waals surface area contributed by atoms with E-state index in [2.05, 4.69) is 12.2 Å². The van der Waals surface area contributed by atoms with Gasteiger partial charge in [-0.05, 0) is 69.4 Å². The van der Waals surface area contributed by atoms with Crippen LogP contribution < -0.4 is 11.1 Å². The Morgan fingerprint density at radius 1 is 1.07 bits per heavy atom. The second-order valence-corrected chi connectivity index (χ2v) is 5.80. The normalized spacial score (nSPS) is 41.2. The Labute approximate surface area is 94.0 Å². The molecule has 2 rings (SSSR count). The first-order chi connectivity index (χ1) is 7.28. The van der Waals surface area contributed by atoms with Crippen LogP contribution in [-0.4, -0.2) is 19.1 Å². The Morgan fingerprint density at radius 3 is 2.20 bits per heavy atom. The molecular formula is C13H26N2. The molecule has 2 saturated carbocycles. The highest BCUT2D eigenvalue weighted by atomic mass is 14.9. The molecule has 2 nitrogen and oxygen atoms in total. The monoisotopic (exact) mass is 210 g/mol. The van der Waals surface area contributed by atoms with Gasteiger partial charge in [0.25, 0.3) is 0 Å². The van der Waals surface area contributed by atoms with Gasteiger partial charge in [-0.25, -0.2) is 0 Å². The topological polar surface area (TPSA) is 38.0 Å². The van der Waals surface area contributed by atoms with Crippen LogP contribution in [0.15, 0.2) is 0 Å². The van der Waals surface area contributed by atoms with E-state index in [1.54, 1.807) is 0 Å². The lowest BCUT2D eigenvalue weighted by atomic mass is 9.79. The van der Waals surface area contributed by atoms with Gasteiger partial charge >= 0.3 is 0 Å². The molecule has 0 aromatic rings. The van der Waals surface area contributed by atoms with Gasteiger partial charge in [-0.3, -0.25) is 0 Å². The predicted octanol–water partition coefficient (Wildman–Crippen LogP) is 2.14. The van der Waals surface area contributed by atoms with E-state index in [9.17, 15) is 0 Å². The van der Waals surface area contributed by atoms with Crippen molar-refractivity contribution in [2.75, 3.05) is 13.1 Å². The second kappa shape index (κ2) is 5.31. The van der Waals surface area contributed by atoms with E-state index in [0.717, 1.165) is 30.3 Å². The Hall–Kier alpha value is -0.0800. The SMILES string of the molecule is CC1CC(NCC2CCC(CN)CC2)C1. The molecule has 0 aliphatic heterocycles. The summed E-state index contributed by atoms with van der Waals surface area (Å²) in [6.07, 6.45) is 8.33. The van der Waals surface area contributed by atoms with Gasteiger partial charge in [0.2, 0.25) is 0 Å². The van der Waals surface area contributed by atoms with Gasteiger partial charge in [-0.15, -0.1) is 0 Å². The molecule has 2 heteroatoms. The first kappa shape index (κ1) is 11.4. The van der Waals surface area contributed by atoms with Crippen molar-refractivity contribution in [2.45, 2.75) is 51.5 Å². The fourth-order valence-electron chi connectivity index (χ4n) is 3.07. The highest BCUT2D eigenvalue weighted by Gasteiger charge is 2.26. The van der Waals surface area contributed by atoms with Gasteiger partial charge in [0.05, 0.1) is 0 Å². The molecule has 2 aliphatic rings. The third-order valence-corrected chi connectivity index (χ3v) is 4.37. The molecule has 0 bridgehead atoms. The zero-order chi connectivity index (χ0) is 10.7. The van der Waals surface area contributed by atoms with Crippen LogP contribution in [0.1, 0.15) is 45.4 Å². The molecule has 0 aromatic carbocycles. The fraction of sp³-hybridized carbons (Fsp3) is 1.00. The zero-order valence-corrected chi connectivity index (χ0v) is 10.0. The van der Waals surface area contributed by atoms with E-state index in [-0.39, 0.29) is 0 Å². The summed E-state index contributed by atoms with van der Waals surface area (Å²) in [5.41, 5.74) is 5.70. The van der Waals surface area contributed by atoms with E-state index in [1.807, 2.05) is 0 Å². The molecule has 0 aromatic heterocycles. The molecule has 3 N–H and O–H groups in total. The van der Waals surface area contributed by atoms with Crippen molar-refractivity contribution in [3.8, 4) is 0 Å². The lowest BCUT2D eigenvalue weighted by molar-refractivity contribution is 0.209. The lowest BCUT2D eigenvalue weighted by Gasteiger charge is -2.36. The Balaban J connectivity index is 1.56. The van der Waals surface area contributed by atoms with Crippen molar-refractivity contribution >= 4 is 0 Å². The molecule has 88 valence electrons. The minimum Gasteiger partial charge on any atom is -0.330 e. The largest absolute Gasteiger partial charge is 0.330 e. The predicted molar refractivity (Wildman–Crippen MR) is 64.7 cm³/mol. The highest BCUT2D eigenvalue weighted by molar-refractivity contribution is 4.84. The molecule has 0 spiro atoms. The van der Waals surface area contributed by atoms with E-state index in [4.69, 9.17) is 5.73 Å². The summed E-state index contributed by atoms with van der Waals surface area (Å²) in [5.74, 6) is 2.73. The molecule has 15 heavy (non-hydrogen) atoms. The standard InChI is InChI=1S/C13H26N2/c1-10-6-13(7-10)15-9-12-4-2-11(8-14)3-5-12/h10-13,15H,2-9,14H2,1H3. The summed E-state index contributed by atoms with van der Waals surface area (Å²) in [4.78, 5) is 0. The van der Waals surface area contributed by atoms with Crippen LogP contribution in [-0.2, 0) is 0 Å². The Kier molecular flexibility index (Phi) is 4.04. The summed E-state index contributed by atoms with van der Waals surface area (Å²) in [6, 6.07) is 0.840. The Bertz CT molecular complexity index is 179. The first-order valence-electron chi connectivity index (χ1n) is 6.71.